The fourth-order valence-electron chi connectivity index (χ4n) is 1.79. The largest absolute Gasteiger partial charge is 0.469 e. The molecule has 0 spiro atoms. The van der Waals surface area contributed by atoms with E-state index in [9.17, 15) is 4.79 Å². The molecule has 0 aromatic carbocycles. The molecule has 1 saturated heterocycles. The fraction of sp³-hybridized carbons (Fsp3) is 0.800. The Kier molecular flexibility index (Phi) is 3.90. The summed E-state index contributed by atoms with van der Waals surface area (Å²) in [5.74, 6) is -0.0885. The van der Waals surface area contributed by atoms with Crippen molar-refractivity contribution >= 4 is 5.97 Å². The summed E-state index contributed by atoms with van der Waals surface area (Å²) < 4.78 is 4.68. The van der Waals surface area contributed by atoms with Gasteiger partial charge in [-0.15, -0.1) is 0 Å². The number of likely N-dealkylation sites (tertiary alicyclic amines) is 1. The summed E-state index contributed by atoms with van der Waals surface area (Å²) in [4.78, 5) is 13.3. The third kappa shape index (κ3) is 2.71. The van der Waals surface area contributed by atoms with Gasteiger partial charge in [0, 0.05) is 13.1 Å². The molecule has 2 atom stereocenters. The predicted octanol–water partition coefficient (Wildman–Crippen LogP) is 0.641. The average Bonchev–Trinajstić information content (AvgIpc) is 2.65. The van der Waals surface area contributed by atoms with E-state index in [0.717, 1.165) is 26.1 Å². The molecule has 78 valence electrons. The lowest BCUT2D eigenvalue weighted by Crippen LogP contribution is -2.27. The number of carbonyl (C=O) groups excluding carboxylic acids is 1. The SMILES string of the molecule is COC(=O)C1CCN(CC(C)C#N)C1. The van der Waals surface area contributed by atoms with Crippen LogP contribution >= 0.6 is 0 Å². The standard InChI is InChI=1S/C10H16N2O2/c1-8(5-11)6-12-4-3-9(7-12)10(13)14-2/h8-9H,3-4,6-7H2,1-2H3. The number of nitrogens with zero attached hydrogens (tertiary/aromatic N) is 2. The Morgan fingerprint density at radius 1 is 1.79 bits per heavy atom. The lowest BCUT2D eigenvalue weighted by molar-refractivity contribution is -0.144. The maximum absolute atomic E-state index is 11.2. The second-order valence-electron chi connectivity index (χ2n) is 3.80. The number of esters is 1. The van der Waals surface area contributed by atoms with Gasteiger partial charge >= 0.3 is 5.97 Å². The molecule has 0 aromatic rings. The first-order chi connectivity index (χ1) is 6.67. The first kappa shape index (κ1) is 11.0. The minimum atomic E-state index is -0.128. The molecule has 0 radical (unpaired) electrons. The van der Waals surface area contributed by atoms with Crippen LogP contribution in [-0.2, 0) is 9.53 Å². The van der Waals surface area contributed by atoms with Crippen LogP contribution in [0.5, 0.6) is 0 Å². The minimum Gasteiger partial charge on any atom is -0.469 e. The number of rotatable bonds is 3. The normalized spacial score (nSPS) is 24.2. The van der Waals surface area contributed by atoms with Gasteiger partial charge in [-0.05, 0) is 19.9 Å². The molecular formula is C10H16N2O2. The van der Waals surface area contributed by atoms with Gasteiger partial charge in [0.05, 0.1) is 25.0 Å². The van der Waals surface area contributed by atoms with Crippen molar-refractivity contribution in [2.24, 2.45) is 11.8 Å². The van der Waals surface area contributed by atoms with E-state index in [2.05, 4.69) is 15.7 Å². The van der Waals surface area contributed by atoms with E-state index in [1.165, 1.54) is 7.11 Å². The second-order valence-corrected chi connectivity index (χ2v) is 3.80. The highest BCUT2D eigenvalue weighted by Gasteiger charge is 2.29. The van der Waals surface area contributed by atoms with Crippen molar-refractivity contribution in [2.45, 2.75) is 13.3 Å². The number of carbonyl (C=O) groups is 1. The summed E-state index contributed by atoms with van der Waals surface area (Å²) >= 11 is 0. The maximum atomic E-state index is 11.2. The first-order valence-electron chi connectivity index (χ1n) is 4.87. The zero-order valence-corrected chi connectivity index (χ0v) is 8.69. The number of hydrogen-bond donors (Lipinski definition) is 0. The molecule has 2 unspecified atom stereocenters. The van der Waals surface area contributed by atoms with Crippen LogP contribution in [0.2, 0.25) is 0 Å². The monoisotopic (exact) mass is 196 g/mol. The molecule has 1 aliphatic rings. The molecule has 1 heterocycles. The number of hydrogen-bond acceptors (Lipinski definition) is 4. The van der Waals surface area contributed by atoms with Crippen molar-refractivity contribution in [3.63, 3.8) is 0 Å². The molecule has 0 N–H and O–H groups in total. The van der Waals surface area contributed by atoms with E-state index >= 15 is 0 Å². The van der Waals surface area contributed by atoms with E-state index in [1.54, 1.807) is 0 Å². The van der Waals surface area contributed by atoms with Crippen molar-refractivity contribution in [1.29, 1.82) is 5.26 Å². The van der Waals surface area contributed by atoms with Crippen molar-refractivity contribution in [1.82, 2.24) is 4.90 Å². The number of nitriles is 1. The quantitative estimate of drug-likeness (QED) is 0.622. The van der Waals surface area contributed by atoms with Crippen LogP contribution in [0.1, 0.15) is 13.3 Å². The Morgan fingerprint density at radius 2 is 2.50 bits per heavy atom. The summed E-state index contributed by atoms with van der Waals surface area (Å²) in [5, 5.41) is 8.65. The van der Waals surface area contributed by atoms with Crippen molar-refractivity contribution in [2.75, 3.05) is 26.7 Å². The molecule has 0 bridgehead atoms. The molecule has 4 nitrogen and oxygen atoms in total. The highest BCUT2D eigenvalue weighted by molar-refractivity contribution is 5.72. The van der Waals surface area contributed by atoms with Crippen LogP contribution in [0.25, 0.3) is 0 Å². The van der Waals surface area contributed by atoms with E-state index in [-0.39, 0.29) is 17.8 Å². The van der Waals surface area contributed by atoms with Gasteiger partial charge in [-0.2, -0.15) is 5.26 Å². The Balaban J connectivity index is 2.35. The Morgan fingerprint density at radius 3 is 3.07 bits per heavy atom. The fourth-order valence-corrected chi connectivity index (χ4v) is 1.79. The molecule has 0 amide bonds. The molecule has 14 heavy (non-hydrogen) atoms. The van der Waals surface area contributed by atoms with Gasteiger partial charge in [0.1, 0.15) is 0 Å². The lowest BCUT2D eigenvalue weighted by Gasteiger charge is -2.16. The Hall–Kier alpha value is -1.08. The minimum absolute atomic E-state index is 0.00546. The Labute approximate surface area is 84.4 Å². The van der Waals surface area contributed by atoms with Crippen LogP contribution in [0.3, 0.4) is 0 Å². The van der Waals surface area contributed by atoms with Crippen LogP contribution in [0, 0.1) is 23.2 Å². The lowest BCUT2D eigenvalue weighted by atomic mass is 10.1. The maximum Gasteiger partial charge on any atom is 0.310 e. The molecule has 0 saturated carbocycles. The summed E-state index contributed by atoms with van der Waals surface area (Å²) in [6.45, 7) is 4.28. The highest BCUT2D eigenvalue weighted by Crippen LogP contribution is 2.18. The molecule has 1 rings (SSSR count). The van der Waals surface area contributed by atoms with Gasteiger partial charge in [-0.25, -0.2) is 0 Å². The highest BCUT2D eigenvalue weighted by atomic mass is 16.5. The van der Waals surface area contributed by atoms with Gasteiger partial charge in [0.15, 0.2) is 0 Å². The van der Waals surface area contributed by atoms with Crippen LogP contribution in [0.4, 0.5) is 0 Å². The zero-order valence-electron chi connectivity index (χ0n) is 8.69. The van der Waals surface area contributed by atoms with E-state index in [1.807, 2.05) is 6.92 Å². The third-order valence-electron chi connectivity index (χ3n) is 2.56. The first-order valence-corrected chi connectivity index (χ1v) is 4.87. The number of ether oxygens (including phenoxy) is 1. The zero-order chi connectivity index (χ0) is 10.6. The smallest absolute Gasteiger partial charge is 0.310 e. The Bertz CT molecular complexity index is 247. The molecule has 0 aliphatic carbocycles. The second kappa shape index (κ2) is 4.97. The van der Waals surface area contributed by atoms with Gasteiger partial charge in [0.25, 0.3) is 0 Å². The summed E-state index contributed by atoms with van der Waals surface area (Å²) in [6.07, 6.45) is 0.852. The molecule has 1 aliphatic heterocycles. The molecule has 1 fully saturated rings. The van der Waals surface area contributed by atoms with E-state index in [0.29, 0.717) is 0 Å². The predicted molar refractivity (Wildman–Crippen MR) is 51.3 cm³/mol. The molecule has 0 aromatic heterocycles. The van der Waals surface area contributed by atoms with E-state index in [4.69, 9.17) is 5.26 Å². The van der Waals surface area contributed by atoms with Crippen LogP contribution < -0.4 is 0 Å². The summed E-state index contributed by atoms with van der Waals surface area (Å²) in [5.41, 5.74) is 0. The average molecular weight is 196 g/mol. The van der Waals surface area contributed by atoms with E-state index < -0.39 is 0 Å². The third-order valence-corrected chi connectivity index (χ3v) is 2.56. The van der Waals surface area contributed by atoms with Gasteiger partial charge in [-0.1, -0.05) is 0 Å². The van der Waals surface area contributed by atoms with Gasteiger partial charge < -0.3 is 9.64 Å². The summed E-state index contributed by atoms with van der Waals surface area (Å²) in [7, 11) is 1.42. The van der Waals surface area contributed by atoms with Crippen LogP contribution in [0.15, 0.2) is 0 Å². The van der Waals surface area contributed by atoms with Gasteiger partial charge in [0.2, 0.25) is 0 Å². The molecular weight excluding hydrogens is 180 g/mol. The molecule has 4 heteroatoms. The van der Waals surface area contributed by atoms with Crippen LogP contribution in [-0.4, -0.2) is 37.6 Å². The van der Waals surface area contributed by atoms with Crippen molar-refractivity contribution in [3.05, 3.63) is 0 Å². The topological polar surface area (TPSA) is 53.3 Å². The van der Waals surface area contributed by atoms with Crippen molar-refractivity contribution < 1.29 is 9.53 Å². The summed E-state index contributed by atoms with van der Waals surface area (Å²) in [6, 6.07) is 2.19. The number of methoxy groups -OCH3 is 1. The van der Waals surface area contributed by atoms with Gasteiger partial charge in [-0.3, -0.25) is 4.79 Å². The van der Waals surface area contributed by atoms with Crippen molar-refractivity contribution in [3.8, 4) is 6.07 Å².